The zero-order valence-electron chi connectivity index (χ0n) is 17.6. The van der Waals surface area contributed by atoms with Crippen LogP contribution in [0.1, 0.15) is 37.7 Å². The van der Waals surface area contributed by atoms with Crippen molar-refractivity contribution in [3.63, 3.8) is 0 Å². The number of fused-ring (bicyclic) bond motifs is 1. The molecule has 0 aromatic heterocycles. The van der Waals surface area contributed by atoms with Gasteiger partial charge in [-0.05, 0) is 37.0 Å². The molecule has 1 aromatic carbocycles. The lowest BCUT2D eigenvalue weighted by molar-refractivity contribution is 0.171. The van der Waals surface area contributed by atoms with E-state index in [0.717, 1.165) is 50.2 Å². The Balaban J connectivity index is 0.00000240. The number of ether oxygens (including phenoxy) is 3. The number of hydrogen-bond donors (Lipinski definition) is 1. The second-order valence-corrected chi connectivity index (χ2v) is 8.36. The van der Waals surface area contributed by atoms with Gasteiger partial charge in [-0.3, -0.25) is 4.99 Å². The molecule has 29 heavy (non-hydrogen) atoms. The van der Waals surface area contributed by atoms with E-state index >= 15 is 0 Å². The van der Waals surface area contributed by atoms with Crippen molar-refractivity contribution in [3.8, 4) is 11.5 Å². The Hall–Kier alpha value is -1.22. The van der Waals surface area contributed by atoms with Crippen molar-refractivity contribution in [3.05, 3.63) is 23.8 Å². The maximum Gasteiger partial charge on any atom is 0.193 e. The van der Waals surface area contributed by atoms with E-state index in [1.54, 1.807) is 0 Å². The first-order chi connectivity index (χ1) is 13.7. The Morgan fingerprint density at radius 1 is 1.17 bits per heavy atom. The minimum absolute atomic E-state index is 0. The van der Waals surface area contributed by atoms with Crippen LogP contribution in [0.2, 0.25) is 0 Å². The molecule has 162 valence electrons. The fraction of sp³-hybridized carbons (Fsp3) is 0.682. The van der Waals surface area contributed by atoms with Crippen LogP contribution in [0.5, 0.6) is 11.5 Å². The summed E-state index contributed by atoms with van der Waals surface area (Å²) in [5, 5.41) is 3.67. The Bertz CT molecular complexity index is 701. The Morgan fingerprint density at radius 2 is 1.93 bits per heavy atom. The highest BCUT2D eigenvalue weighted by Gasteiger charge is 2.37. The van der Waals surface area contributed by atoms with E-state index in [-0.39, 0.29) is 29.4 Å². The first kappa shape index (κ1) is 22.5. The molecule has 0 spiro atoms. The van der Waals surface area contributed by atoms with Crippen molar-refractivity contribution in [1.82, 2.24) is 10.2 Å². The molecule has 7 heteroatoms. The predicted molar refractivity (Wildman–Crippen MR) is 126 cm³/mol. The van der Waals surface area contributed by atoms with Gasteiger partial charge in [-0.25, -0.2) is 0 Å². The summed E-state index contributed by atoms with van der Waals surface area (Å²) in [7, 11) is 3.99. The highest BCUT2D eigenvalue weighted by Crippen LogP contribution is 2.43. The number of guanidine groups is 1. The summed E-state index contributed by atoms with van der Waals surface area (Å²) in [5.74, 6) is 3.32. The minimum Gasteiger partial charge on any atom is -0.486 e. The molecule has 1 saturated heterocycles. The molecule has 1 aromatic rings. The van der Waals surface area contributed by atoms with Gasteiger partial charge in [-0.1, -0.05) is 18.9 Å². The smallest absolute Gasteiger partial charge is 0.193 e. The first-order valence-corrected chi connectivity index (χ1v) is 10.6. The van der Waals surface area contributed by atoms with Gasteiger partial charge in [0.1, 0.15) is 13.2 Å². The van der Waals surface area contributed by atoms with Gasteiger partial charge in [0.15, 0.2) is 17.5 Å². The molecule has 1 saturated carbocycles. The predicted octanol–water partition coefficient (Wildman–Crippen LogP) is 3.43. The van der Waals surface area contributed by atoms with Crippen LogP contribution in [0.15, 0.2) is 23.2 Å². The molecule has 2 fully saturated rings. The number of halogens is 1. The molecule has 0 radical (unpaired) electrons. The summed E-state index contributed by atoms with van der Waals surface area (Å²) in [5.41, 5.74) is 1.48. The lowest BCUT2D eigenvalue weighted by atomic mass is 9.78. The van der Waals surface area contributed by atoms with Crippen LogP contribution in [0.25, 0.3) is 0 Å². The van der Waals surface area contributed by atoms with Gasteiger partial charge in [0.2, 0.25) is 0 Å². The first-order valence-electron chi connectivity index (χ1n) is 10.6. The summed E-state index contributed by atoms with van der Waals surface area (Å²) in [6.07, 6.45) is 6.06. The topological polar surface area (TPSA) is 55.3 Å². The largest absolute Gasteiger partial charge is 0.486 e. The maximum absolute atomic E-state index is 5.84. The van der Waals surface area contributed by atoms with Gasteiger partial charge in [-0.15, -0.1) is 24.0 Å². The zero-order chi connectivity index (χ0) is 19.4. The average molecular weight is 515 g/mol. The summed E-state index contributed by atoms with van der Waals surface area (Å²) in [6, 6.07) is 6.50. The Morgan fingerprint density at radius 3 is 2.62 bits per heavy atom. The van der Waals surface area contributed by atoms with Crippen molar-refractivity contribution < 1.29 is 14.2 Å². The molecule has 1 unspecified atom stereocenters. The van der Waals surface area contributed by atoms with Gasteiger partial charge in [0, 0.05) is 45.1 Å². The van der Waals surface area contributed by atoms with Crippen molar-refractivity contribution >= 4 is 29.9 Å². The van der Waals surface area contributed by atoms with Crippen molar-refractivity contribution in [2.24, 2.45) is 10.9 Å². The third-order valence-electron chi connectivity index (χ3n) is 6.43. The zero-order valence-corrected chi connectivity index (χ0v) is 19.9. The van der Waals surface area contributed by atoms with Crippen LogP contribution in [-0.4, -0.2) is 64.5 Å². The normalized spacial score (nSPS) is 22.8. The third-order valence-corrected chi connectivity index (χ3v) is 6.43. The summed E-state index contributed by atoms with van der Waals surface area (Å²) < 4.78 is 17.1. The molecular formula is C22H34IN3O3. The molecule has 0 bridgehead atoms. The van der Waals surface area contributed by atoms with E-state index < -0.39 is 0 Å². The minimum atomic E-state index is 0. The molecule has 3 aliphatic rings. The summed E-state index contributed by atoms with van der Waals surface area (Å²) in [4.78, 5) is 6.77. The van der Waals surface area contributed by atoms with Gasteiger partial charge >= 0.3 is 0 Å². The number of benzene rings is 1. The lowest BCUT2D eigenvalue weighted by Gasteiger charge is -2.33. The van der Waals surface area contributed by atoms with Crippen molar-refractivity contribution in [2.45, 2.75) is 37.5 Å². The van der Waals surface area contributed by atoms with Gasteiger partial charge < -0.3 is 24.4 Å². The summed E-state index contributed by atoms with van der Waals surface area (Å²) >= 11 is 0. The van der Waals surface area contributed by atoms with E-state index in [4.69, 9.17) is 14.2 Å². The van der Waals surface area contributed by atoms with Gasteiger partial charge in [-0.2, -0.15) is 0 Å². The molecule has 2 aliphatic heterocycles. The highest BCUT2D eigenvalue weighted by atomic mass is 127. The van der Waals surface area contributed by atoms with E-state index in [0.29, 0.717) is 19.1 Å². The fourth-order valence-electron chi connectivity index (χ4n) is 4.83. The van der Waals surface area contributed by atoms with Crippen LogP contribution in [0.3, 0.4) is 0 Å². The number of aliphatic imine (C=N–C) groups is 1. The molecule has 0 amide bonds. The van der Waals surface area contributed by atoms with Crippen LogP contribution in [-0.2, 0) is 10.2 Å². The van der Waals surface area contributed by atoms with Crippen LogP contribution in [0.4, 0.5) is 0 Å². The number of hydrogen-bond acceptors (Lipinski definition) is 4. The number of nitrogens with one attached hydrogen (secondary N) is 1. The van der Waals surface area contributed by atoms with E-state index in [9.17, 15) is 0 Å². The third kappa shape index (κ3) is 5.10. The van der Waals surface area contributed by atoms with Crippen LogP contribution >= 0.6 is 24.0 Å². The monoisotopic (exact) mass is 515 g/mol. The number of nitrogens with zero attached hydrogens (tertiary/aromatic N) is 2. The van der Waals surface area contributed by atoms with Gasteiger partial charge in [0.25, 0.3) is 0 Å². The molecule has 4 rings (SSSR count). The highest BCUT2D eigenvalue weighted by molar-refractivity contribution is 14.0. The SMILES string of the molecule is CN=C(NCC1(c2ccc3c(c2)OCCO3)CCCC1)N(C)CC1CCOC1.I. The van der Waals surface area contributed by atoms with E-state index in [2.05, 4.69) is 40.5 Å². The molecule has 1 aliphatic carbocycles. The van der Waals surface area contributed by atoms with Crippen molar-refractivity contribution in [2.75, 3.05) is 53.6 Å². The molecular weight excluding hydrogens is 481 g/mol. The lowest BCUT2D eigenvalue weighted by Crippen LogP contribution is -2.46. The fourth-order valence-corrected chi connectivity index (χ4v) is 4.83. The van der Waals surface area contributed by atoms with Gasteiger partial charge in [0.05, 0.1) is 6.61 Å². The molecule has 6 nitrogen and oxygen atoms in total. The van der Waals surface area contributed by atoms with E-state index in [1.165, 1.54) is 31.2 Å². The maximum atomic E-state index is 5.84. The van der Waals surface area contributed by atoms with Crippen LogP contribution < -0.4 is 14.8 Å². The Labute approximate surface area is 191 Å². The van der Waals surface area contributed by atoms with Crippen LogP contribution in [0, 0.1) is 5.92 Å². The second kappa shape index (κ2) is 10.2. The van der Waals surface area contributed by atoms with Crippen molar-refractivity contribution in [1.29, 1.82) is 0 Å². The molecule has 1 N–H and O–H groups in total. The molecule has 2 heterocycles. The average Bonchev–Trinajstić information content (AvgIpc) is 3.41. The molecule has 1 atom stereocenters. The quantitative estimate of drug-likeness (QED) is 0.370. The second-order valence-electron chi connectivity index (χ2n) is 8.36. The Kier molecular flexibility index (Phi) is 7.90. The summed E-state index contributed by atoms with van der Waals surface area (Å²) in [6.45, 7) is 4.89. The van der Waals surface area contributed by atoms with E-state index in [1.807, 2.05) is 7.05 Å². The number of rotatable bonds is 5. The standard InChI is InChI=1S/C22H33N3O3.HI/c1-23-21(25(2)14-17-7-10-26-15-17)24-16-22(8-3-4-9-22)18-5-6-19-20(13-18)28-12-11-27-19;/h5-6,13,17H,3-4,7-12,14-16H2,1-2H3,(H,23,24);1H.